The van der Waals surface area contributed by atoms with E-state index in [1.165, 1.54) is 19.3 Å². The number of benzene rings is 1. The number of nitriles is 1. The molecule has 11 nitrogen and oxygen atoms in total. The van der Waals surface area contributed by atoms with Crippen LogP contribution in [0, 0.1) is 17.2 Å². The second-order valence-corrected chi connectivity index (χ2v) is 16.5. The van der Waals surface area contributed by atoms with Gasteiger partial charge in [0.25, 0.3) is 0 Å². The van der Waals surface area contributed by atoms with Gasteiger partial charge in [0.2, 0.25) is 5.91 Å². The number of fused-ring (bicyclic) bond motifs is 3. The highest BCUT2D eigenvalue weighted by atomic mass is 16.6. The molecule has 264 valence electrons. The highest BCUT2D eigenvalue weighted by Gasteiger charge is 2.56. The third kappa shape index (κ3) is 5.51. The van der Waals surface area contributed by atoms with Crippen molar-refractivity contribution in [3.63, 3.8) is 0 Å². The highest BCUT2D eigenvalue weighted by molar-refractivity contribution is 6.09. The number of carbonyl (C=O) groups excluding carboxylic acids is 2. The summed E-state index contributed by atoms with van der Waals surface area (Å²) >= 11 is 0. The van der Waals surface area contributed by atoms with Crippen molar-refractivity contribution in [3.8, 4) is 17.3 Å². The molecule has 1 saturated carbocycles. The Morgan fingerprint density at radius 1 is 1.02 bits per heavy atom. The van der Waals surface area contributed by atoms with Gasteiger partial charge < -0.3 is 28.9 Å². The van der Waals surface area contributed by atoms with Crippen LogP contribution in [0.5, 0.6) is 0 Å². The summed E-state index contributed by atoms with van der Waals surface area (Å²) in [6.45, 7) is 14.5. The van der Waals surface area contributed by atoms with Crippen LogP contribution in [0.3, 0.4) is 0 Å². The number of rotatable bonds is 5. The molecule has 2 amide bonds. The second-order valence-electron chi connectivity index (χ2n) is 16.5. The third-order valence-corrected chi connectivity index (χ3v) is 11.8. The quantitative estimate of drug-likeness (QED) is 0.311. The molecule has 8 rings (SSSR count). The van der Waals surface area contributed by atoms with Crippen LogP contribution < -0.4 is 9.80 Å². The summed E-state index contributed by atoms with van der Waals surface area (Å²) in [6.07, 6.45) is 8.54. The van der Waals surface area contributed by atoms with Crippen LogP contribution in [0.2, 0.25) is 0 Å². The van der Waals surface area contributed by atoms with Gasteiger partial charge in [-0.15, -0.1) is 0 Å². The van der Waals surface area contributed by atoms with Crippen molar-refractivity contribution in [2.75, 3.05) is 49.1 Å². The molecule has 0 N–H and O–H groups in total. The van der Waals surface area contributed by atoms with E-state index >= 15 is 0 Å². The van der Waals surface area contributed by atoms with Crippen LogP contribution in [-0.2, 0) is 14.9 Å². The summed E-state index contributed by atoms with van der Waals surface area (Å²) in [4.78, 5) is 46.6. The van der Waals surface area contributed by atoms with Crippen LogP contribution in [0.1, 0.15) is 91.2 Å². The number of imidazole rings is 1. The van der Waals surface area contributed by atoms with Crippen LogP contribution in [0.25, 0.3) is 22.3 Å². The lowest BCUT2D eigenvalue weighted by Gasteiger charge is -2.48. The lowest BCUT2D eigenvalue weighted by Crippen LogP contribution is -2.58. The molecule has 0 bridgehead atoms. The van der Waals surface area contributed by atoms with E-state index in [4.69, 9.17) is 14.7 Å². The number of carbonyl (C=O) groups is 2. The smallest absolute Gasteiger partial charge is 0.410 e. The highest BCUT2D eigenvalue weighted by Crippen LogP contribution is 2.52. The van der Waals surface area contributed by atoms with E-state index in [-0.39, 0.29) is 30.0 Å². The van der Waals surface area contributed by atoms with E-state index in [9.17, 15) is 14.9 Å². The molecule has 3 aromatic rings. The second kappa shape index (κ2) is 12.3. The largest absolute Gasteiger partial charge is 0.444 e. The van der Waals surface area contributed by atoms with Crippen molar-refractivity contribution >= 4 is 34.5 Å². The van der Waals surface area contributed by atoms with Crippen molar-refractivity contribution in [2.24, 2.45) is 5.92 Å². The summed E-state index contributed by atoms with van der Waals surface area (Å²) in [6, 6.07) is 11.8. The number of anilines is 2. The van der Waals surface area contributed by atoms with E-state index < -0.39 is 11.0 Å². The van der Waals surface area contributed by atoms with Crippen molar-refractivity contribution < 1.29 is 14.3 Å². The molecule has 1 spiro atoms. The molecule has 1 aromatic carbocycles. The number of piperidine rings is 2. The maximum absolute atomic E-state index is 14.8. The minimum atomic E-state index is -0.662. The summed E-state index contributed by atoms with van der Waals surface area (Å²) < 4.78 is 7.85. The first-order valence-corrected chi connectivity index (χ1v) is 18.7. The molecule has 2 aromatic heterocycles. The number of amides is 2. The van der Waals surface area contributed by atoms with E-state index in [2.05, 4.69) is 63.4 Å². The predicted molar refractivity (Wildman–Crippen MR) is 193 cm³/mol. The van der Waals surface area contributed by atoms with Gasteiger partial charge in [0.05, 0.1) is 34.9 Å². The van der Waals surface area contributed by atoms with Crippen LogP contribution in [0.15, 0.2) is 30.6 Å². The summed E-state index contributed by atoms with van der Waals surface area (Å²) in [7, 11) is 0. The molecule has 0 unspecified atom stereocenters. The van der Waals surface area contributed by atoms with Crippen molar-refractivity contribution in [2.45, 2.75) is 109 Å². The zero-order valence-corrected chi connectivity index (χ0v) is 30.2. The van der Waals surface area contributed by atoms with Crippen molar-refractivity contribution in [1.82, 2.24) is 24.3 Å². The number of hydrogen-bond donors (Lipinski definition) is 0. The number of pyridine rings is 1. The molecule has 0 atom stereocenters. The predicted octanol–water partition coefficient (Wildman–Crippen LogP) is 6.27. The van der Waals surface area contributed by atoms with Gasteiger partial charge in [0, 0.05) is 55.6 Å². The Bertz CT molecular complexity index is 1840. The molecule has 3 saturated heterocycles. The van der Waals surface area contributed by atoms with Gasteiger partial charge in [-0.1, -0.05) is 18.6 Å². The topological polar surface area (TPSA) is 111 Å². The molecule has 1 aliphatic carbocycles. The Morgan fingerprint density at radius 3 is 2.40 bits per heavy atom. The number of hydrogen-bond acceptors (Lipinski definition) is 8. The standard InChI is InChI=1S/C39H50N8O3/c1-25(2)46-24-41-32-20-31(42-35(34(32)46)45-22-26(21-40)23-45)27-9-10-30-33(17-27)47(29-18-28(19-29)43-13-7-6-8-14-43)36(48)39(30)11-15-44(16-12-39)37(49)50-38(3,4)5/h9-10,17,20,24-26,28-29H,6-8,11-16,18-19,22-23H2,1-5H3. The Hall–Kier alpha value is -4.17. The van der Waals surface area contributed by atoms with Crippen LogP contribution in [-0.4, -0.2) is 93.3 Å². The van der Waals surface area contributed by atoms with Crippen LogP contribution >= 0.6 is 0 Å². The zero-order valence-electron chi connectivity index (χ0n) is 30.2. The average Bonchev–Trinajstić information content (AvgIpc) is 3.58. The first-order valence-electron chi connectivity index (χ1n) is 18.7. The Kier molecular flexibility index (Phi) is 8.09. The van der Waals surface area contributed by atoms with Crippen LogP contribution in [0.4, 0.5) is 16.3 Å². The third-order valence-electron chi connectivity index (χ3n) is 11.8. The fourth-order valence-corrected chi connectivity index (χ4v) is 8.88. The maximum atomic E-state index is 14.8. The normalized spacial score (nSPS) is 24.0. The molecular weight excluding hydrogens is 628 g/mol. The SMILES string of the molecule is CC(C)n1cnc2cc(-c3ccc4c(c3)N(C3CC(N5CCCCC5)C3)C(=O)C43CCN(C(=O)OC(C)(C)C)CC3)nc(N3CC(C#N)C3)c21. The zero-order chi connectivity index (χ0) is 34.9. The van der Waals surface area contributed by atoms with E-state index in [0.29, 0.717) is 45.1 Å². The monoisotopic (exact) mass is 678 g/mol. The minimum absolute atomic E-state index is 0.000317. The fraction of sp³-hybridized carbons (Fsp3) is 0.615. The minimum Gasteiger partial charge on any atom is -0.444 e. The van der Waals surface area contributed by atoms with Gasteiger partial charge in [-0.05, 0) is 104 Å². The molecule has 0 radical (unpaired) electrons. The van der Waals surface area contributed by atoms with Gasteiger partial charge in [-0.2, -0.15) is 5.26 Å². The summed E-state index contributed by atoms with van der Waals surface area (Å²) in [5.74, 6) is 1.04. The van der Waals surface area contributed by atoms with Gasteiger partial charge in [0.1, 0.15) is 11.1 Å². The van der Waals surface area contributed by atoms with Gasteiger partial charge in [-0.25, -0.2) is 14.8 Å². The van der Waals surface area contributed by atoms with Crippen molar-refractivity contribution in [3.05, 3.63) is 36.2 Å². The summed E-state index contributed by atoms with van der Waals surface area (Å²) in [5, 5.41) is 9.51. The maximum Gasteiger partial charge on any atom is 0.410 e. The van der Waals surface area contributed by atoms with E-state index in [1.54, 1.807) is 4.90 Å². The molecule has 4 aliphatic heterocycles. The molecule has 50 heavy (non-hydrogen) atoms. The summed E-state index contributed by atoms with van der Waals surface area (Å²) in [5.41, 5.74) is 4.47. The van der Waals surface area contributed by atoms with E-state index in [0.717, 1.165) is 65.3 Å². The number of nitrogens with zero attached hydrogens (tertiary/aromatic N) is 8. The van der Waals surface area contributed by atoms with Gasteiger partial charge >= 0.3 is 6.09 Å². The average molecular weight is 679 g/mol. The van der Waals surface area contributed by atoms with Gasteiger partial charge in [-0.3, -0.25) is 4.79 Å². The molecule has 11 heteroatoms. The molecular formula is C39H50N8O3. The first kappa shape index (κ1) is 33.0. The molecule has 6 heterocycles. The Morgan fingerprint density at radius 2 is 1.74 bits per heavy atom. The Labute approximate surface area is 295 Å². The lowest BCUT2D eigenvalue weighted by atomic mass is 9.73. The fourth-order valence-electron chi connectivity index (χ4n) is 8.88. The van der Waals surface area contributed by atoms with E-state index in [1.807, 2.05) is 27.1 Å². The Balaban J connectivity index is 1.15. The lowest BCUT2D eigenvalue weighted by molar-refractivity contribution is -0.126. The number of ether oxygens (including phenoxy) is 1. The molecule has 4 fully saturated rings. The van der Waals surface area contributed by atoms with Crippen molar-refractivity contribution in [1.29, 1.82) is 5.26 Å². The number of aromatic nitrogens is 3. The first-order chi connectivity index (χ1) is 24.0. The number of likely N-dealkylation sites (tertiary alicyclic amines) is 2. The molecule has 5 aliphatic rings. The van der Waals surface area contributed by atoms with Gasteiger partial charge in [0.15, 0.2) is 5.82 Å².